The fraction of sp³-hybridized carbons (Fsp3) is 0.933. The number of nitrogens with one attached hydrogen (secondary N) is 1. The summed E-state index contributed by atoms with van der Waals surface area (Å²) in [6, 6.07) is 0.984. The van der Waals surface area contributed by atoms with Crippen LogP contribution in [0, 0.1) is 0 Å². The molecule has 3 N–H and O–H groups in total. The Morgan fingerprint density at radius 3 is 2.50 bits per heavy atom. The molecule has 0 saturated heterocycles. The number of hydrogen-bond acceptors (Lipinski definition) is 4. The molecule has 118 valence electrons. The Labute approximate surface area is 123 Å². The van der Waals surface area contributed by atoms with Crippen molar-refractivity contribution in [3.63, 3.8) is 0 Å². The fourth-order valence-electron chi connectivity index (χ4n) is 2.75. The highest BCUT2D eigenvalue weighted by atomic mass is 16.6. The van der Waals surface area contributed by atoms with Gasteiger partial charge in [-0.3, -0.25) is 4.90 Å². The normalized spacial score (nSPS) is 18.3. The van der Waals surface area contributed by atoms with E-state index in [1.807, 2.05) is 20.8 Å². The van der Waals surface area contributed by atoms with Gasteiger partial charge in [-0.25, -0.2) is 4.79 Å². The van der Waals surface area contributed by atoms with Gasteiger partial charge in [0, 0.05) is 25.2 Å². The molecule has 5 nitrogen and oxygen atoms in total. The van der Waals surface area contributed by atoms with Crippen molar-refractivity contribution in [3.8, 4) is 0 Å². The topological polar surface area (TPSA) is 67.6 Å². The predicted octanol–water partition coefficient (Wildman–Crippen LogP) is 2.10. The average molecular weight is 285 g/mol. The Balaban J connectivity index is 2.28. The van der Waals surface area contributed by atoms with E-state index in [0.717, 1.165) is 6.42 Å². The van der Waals surface area contributed by atoms with Gasteiger partial charge < -0.3 is 15.8 Å². The van der Waals surface area contributed by atoms with Crippen molar-refractivity contribution >= 4 is 6.09 Å². The third-order valence-corrected chi connectivity index (χ3v) is 3.89. The number of carbonyl (C=O) groups excluding carboxylic acids is 1. The number of carbonyl (C=O) groups is 1. The zero-order valence-electron chi connectivity index (χ0n) is 13.4. The smallest absolute Gasteiger partial charge is 0.407 e. The molecule has 5 heteroatoms. The molecule has 1 rings (SSSR count). The molecule has 1 aliphatic carbocycles. The first kappa shape index (κ1) is 17.2. The maximum absolute atomic E-state index is 11.6. The van der Waals surface area contributed by atoms with Crippen LogP contribution in [-0.4, -0.2) is 48.8 Å². The first-order chi connectivity index (χ1) is 9.33. The van der Waals surface area contributed by atoms with E-state index in [4.69, 9.17) is 10.5 Å². The molecule has 1 unspecified atom stereocenters. The van der Waals surface area contributed by atoms with Crippen LogP contribution in [0.1, 0.15) is 52.9 Å². The SMILES string of the molecule is CN(C(CN)CCNC(=O)OC(C)(C)C)C1CCCC1. The fourth-order valence-corrected chi connectivity index (χ4v) is 2.75. The van der Waals surface area contributed by atoms with E-state index in [1.54, 1.807) is 0 Å². The van der Waals surface area contributed by atoms with Gasteiger partial charge in [-0.1, -0.05) is 12.8 Å². The van der Waals surface area contributed by atoms with E-state index in [-0.39, 0.29) is 6.09 Å². The molecule has 0 bridgehead atoms. The van der Waals surface area contributed by atoms with E-state index in [9.17, 15) is 4.79 Å². The summed E-state index contributed by atoms with van der Waals surface area (Å²) in [5.41, 5.74) is 5.43. The number of nitrogens with two attached hydrogens (primary N) is 1. The van der Waals surface area contributed by atoms with Crippen molar-refractivity contribution in [3.05, 3.63) is 0 Å². The summed E-state index contributed by atoms with van der Waals surface area (Å²) in [7, 11) is 2.15. The summed E-state index contributed by atoms with van der Waals surface area (Å²) in [6.45, 7) is 6.83. The maximum atomic E-state index is 11.6. The van der Waals surface area contributed by atoms with Crippen molar-refractivity contribution < 1.29 is 9.53 Å². The van der Waals surface area contributed by atoms with E-state index < -0.39 is 5.60 Å². The lowest BCUT2D eigenvalue weighted by molar-refractivity contribution is 0.0521. The molecule has 1 saturated carbocycles. The number of amides is 1. The predicted molar refractivity (Wildman–Crippen MR) is 81.7 cm³/mol. The van der Waals surface area contributed by atoms with Gasteiger partial charge >= 0.3 is 6.09 Å². The molecule has 1 fully saturated rings. The van der Waals surface area contributed by atoms with E-state index in [1.165, 1.54) is 25.7 Å². The summed E-state index contributed by atoms with van der Waals surface area (Å²) in [4.78, 5) is 14.0. The number of nitrogens with zero attached hydrogens (tertiary/aromatic N) is 1. The minimum Gasteiger partial charge on any atom is -0.444 e. The Morgan fingerprint density at radius 2 is 2.00 bits per heavy atom. The van der Waals surface area contributed by atoms with Crippen LogP contribution in [0.4, 0.5) is 4.79 Å². The second kappa shape index (κ2) is 7.84. The first-order valence-corrected chi connectivity index (χ1v) is 7.72. The Morgan fingerprint density at radius 1 is 1.40 bits per heavy atom. The lowest BCUT2D eigenvalue weighted by atomic mass is 10.1. The molecule has 0 heterocycles. The zero-order valence-corrected chi connectivity index (χ0v) is 13.4. The molecular formula is C15H31N3O2. The molecule has 0 radical (unpaired) electrons. The molecule has 1 aliphatic rings. The lowest BCUT2D eigenvalue weighted by Gasteiger charge is -2.32. The molecule has 0 aromatic carbocycles. The largest absolute Gasteiger partial charge is 0.444 e. The van der Waals surface area contributed by atoms with Gasteiger partial charge in [0.1, 0.15) is 5.60 Å². The van der Waals surface area contributed by atoms with E-state index in [0.29, 0.717) is 25.2 Å². The molecule has 0 aromatic heterocycles. The van der Waals surface area contributed by atoms with Gasteiger partial charge in [0.05, 0.1) is 0 Å². The third-order valence-electron chi connectivity index (χ3n) is 3.89. The van der Waals surface area contributed by atoms with Gasteiger partial charge in [0.25, 0.3) is 0 Å². The number of ether oxygens (including phenoxy) is 1. The van der Waals surface area contributed by atoms with Gasteiger partial charge in [-0.15, -0.1) is 0 Å². The van der Waals surface area contributed by atoms with Gasteiger partial charge in [-0.05, 0) is 47.1 Å². The third kappa shape index (κ3) is 6.09. The first-order valence-electron chi connectivity index (χ1n) is 7.72. The molecule has 1 atom stereocenters. The highest BCUT2D eigenvalue weighted by Crippen LogP contribution is 2.24. The standard InChI is InChI=1S/C15H31N3O2/c1-15(2,3)20-14(19)17-10-9-13(11-16)18(4)12-7-5-6-8-12/h12-13H,5-11,16H2,1-4H3,(H,17,19). The Hall–Kier alpha value is -0.810. The number of hydrogen-bond donors (Lipinski definition) is 2. The van der Waals surface area contributed by atoms with E-state index in [2.05, 4.69) is 17.3 Å². The van der Waals surface area contributed by atoms with Crippen molar-refractivity contribution in [1.82, 2.24) is 10.2 Å². The summed E-state index contributed by atoms with van der Waals surface area (Å²) >= 11 is 0. The van der Waals surface area contributed by atoms with Crippen LogP contribution in [0.2, 0.25) is 0 Å². The summed E-state index contributed by atoms with van der Waals surface area (Å²) in [5, 5.41) is 2.81. The van der Waals surface area contributed by atoms with Crippen LogP contribution in [-0.2, 0) is 4.74 Å². The second-order valence-corrected chi connectivity index (χ2v) is 6.71. The summed E-state index contributed by atoms with van der Waals surface area (Å²) in [6.07, 6.45) is 5.70. The van der Waals surface area contributed by atoms with Crippen molar-refractivity contribution in [2.24, 2.45) is 5.73 Å². The van der Waals surface area contributed by atoms with Crippen molar-refractivity contribution in [2.45, 2.75) is 70.6 Å². The highest BCUT2D eigenvalue weighted by Gasteiger charge is 2.25. The van der Waals surface area contributed by atoms with Crippen LogP contribution in [0.25, 0.3) is 0 Å². The second-order valence-electron chi connectivity index (χ2n) is 6.71. The summed E-state index contributed by atoms with van der Waals surface area (Å²) < 4.78 is 5.22. The molecule has 1 amide bonds. The number of likely N-dealkylation sites (N-methyl/N-ethyl adjacent to an activating group) is 1. The molecular weight excluding hydrogens is 254 g/mol. The zero-order chi connectivity index (χ0) is 15.2. The molecule has 0 aliphatic heterocycles. The highest BCUT2D eigenvalue weighted by molar-refractivity contribution is 5.67. The van der Waals surface area contributed by atoms with Crippen LogP contribution in [0.3, 0.4) is 0 Å². The van der Waals surface area contributed by atoms with Crippen LogP contribution < -0.4 is 11.1 Å². The van der Waals surface area contributed by atoms with E-state index >= 15 is 0 Å². The van der Waals surface area contributed by atoms with Crippen LogP contribution in [0.15, 0.2) is 0 Å². The summed E-state index contributed by atoms with van der Waals surface area (Å²) in [5.74, 6) is 0. The Kier molecular flexibility index (Phi) is 6.76. The molecule has 20 heavy (non-hydrogen) atoms. The monoisotopic (exact) mass is 285 g/mol. The van der Waals surface area contributed by atoms with Gasteiger partial charge in [-0.2, -0.15) is 0 Å². The minimum atomic E-state index is -0.446. The Bertz CT molecular complexity index is 296. The average Bonchev–Trinajstić information content (AvgIpc) is 2.85. The number of rotatable bonds is 6. The van der Waals surface area contributed by atoms with Crippen LogP contribution >= 0.6 is 0 Å². The number of alkyl carbamates (subject to hydrolysis) is 1. The lowest BCUT2D eigenvalue weighted by Crippen LogP contribution is -2.45. The van der Waals surface area contributed by atoms with Gasteiger partial charge in [0.15, 0.2) is 0 Å². The molecule has 0 aromatic rings. The minimum absolute atomic E-state index is 0.327. The van der Waals surface area contributed by atoms with Crippen LogP contribution in [0.5, 0.6) is 0 Å². The van der Waals surface area contributed by atoms with Crippen molar-refractivity contribution in [1.29, 1.82) is 0 Å². The van der Waals surface area contributed by atoms with Crippen molar-refractivity contribution in [2.75, 3.05) is 20.1 Å². The molecule has 0 spiro atoms. The van der Waals surface area contributed by atoms with Gasteiger partial charge in [0.2, 0.25) is 0 Å². The maximum Gasteiger partial charge on any atom is 0.407 e. The quantitative estimate of drug-likeness (QED) is 0.784.